The first-order valence-electron chi connectivity index (χ1n) is 9.35. The number of aromatic nitrogens is 1. The third kappa shape index (κ3) is 3.38. The van der Waals surface area contributed by atoms with Gasteiger partial charge in [0.15, 0.2) is 0 Å². The topological polar surface area (TPSA) is 16.1 Å². The van der Waals surface area contributed by atoms with Gasteiger partial charge in [-0.1, -0.05) is 36.4 Å². The Morgan fingerprint density at radius 3 is 2.62 bits per heavy atom. The minimum absolute atomic E-state index is 0.689. The van der Waals surface area contributed by atoms with Gasteiger partial charge in [-0.05, 0) is 73.3 Å². The minimum atomic E-state index is 0.689. The number of piperidine rings is 1. The molecule has 1 saturated heterocycles. The number of allylic oxidation sites excluding steroid dienone is 2. The Hall–Kier alpha value is -2.09. The van der Waals surface area contributed by atoms with Crippen LogP contribution < -0.4 is 4.90 Å². The van der Waals surface area contributed by atoms with Crippen LogP contribution in [0.4, 0.5) is 5.82 Å². The van der Waals surface area contributed by atoms with E-state index in [2.05, 4.69) is 52.4 Å². The zero-order valence-electron chi connectivity index (χ0n) is 14.3. The Balaban J connectivity index is 1.45. The molecule has 2 aliphatic rings. The summed E-state index contributed by atoms with van der Waals surface area (Å²) in [5, 5.41) is 0. The molecule has 2 nitrogen and oxygen atoms in total. The maximum absolute atomic E-state index is 4.49. The molecule has 0 N–H and O–H groups in total. The van der Waals surface area contributed by atoms with Crippen LogP contribution in [-0.4, -0.2) is 18.1 Å². The van der Waals surface area contributed by atoms with Crippen LogP contribution in [0.2, 0.25) is 0 Å². The molecule has 1 aromatic heterocycles. The number of nitrogens with zero attached hydrogens (tertiary/aromatic N) is 2. The molecule has 1 aliphatic carbocycles. The lowest BCUT2D eigenvalue weighted by molar-refractivity contribution is 0.502. The molecule has 1 fully saturated rings. The fraction of sp³-hybridized carbons (Fsp3) is 0.409. The minimum Gasteiger partial charge on any atom is -0.357 e. The molecule has 0 saturated carbocycles. The zero-order chi connectivity index (χ0) is 16.2. The Morgan fingerprint density at radius 1 is 0.958 bits per heavy atom. The average Bonchev–Trinajstić information content (AvgIpc) is 2.70. The van der Waals surface area contributed by atoms with Gasteiger partial charge in [-0.15, -0.1) is 0 Å². The average molecular weight is 318 g/mol. The molecule has 2 heterocycles. The van der Waals surface area contributed by atoms with E-state index in [1.165, 1.54) is 49.7 Å². The predicted molar refractivity (Wildman–Crippen MR) is 101 cm³/mol. The lowest BCUT2D eigenvalue weighted by Crippen LogP contribution is -2.33. The molecular weight excluding hydrogens is 292 g/mol. The summed E-state index contributed by atoms with van der Waals surface area (Å²) in [6.07, 6.45) is 12.0. The van der Waals surface area contributed by atoms with Crippen molar-refractivity contribution in [1.29, 1.82) is 0 Å². The van der Waals surface area contributed by atoms with Gasteiger partial charge in [0.1, 0.15) is 5.82 Å². The Morgan fingerprint density at radius 2 is 1.88 bits per heavy atom. The van der Waals surface area contributed by atoms with E-state index in [9.17, 15) is 0 Å². The first kappa shape index (κ1) is 15.4. The van der Waals surface area contributed by atoms with Crippen LogP contribution in [0.3, 0.4) is 0 Å². The van der Waals surface area contributed by atoms with Crippen LogP contribution in [0, 0.1) is 0 Å². The van der Waals surface area contributed by atoms with Crippen LogP contribution in [0.1, 0.15) is 55.6 Å². The zero-order valence-corrected chi connectivity index (χ0v) is 14.3. The summed E-state index contributed by atoms with van der Waals surface area (Å²) in [6, 6.07) is 15.5. The molecule has 1 aliphatic heterocycles. The van der Waals surface area contributed by atoms with Gasteiger partial charge in [-0.3, -0.25) is 0 Å². The fourth-order valence-corrected chi connectivity index (χ4v) is 4.08. The van der Waals surface area contributed by atoms with Gasteiger partial charge in [-0.25, -0.2) is 4.98 Å². The van der Waals surface area contributed by atoms with E-state index in [-0.39, 0.29) is 0 Å². The van der Waals surface area contributed by atoms with Crippen LogP contribution in [0.25, 0.3) is 5.57 Å². The van der Waals surface area contributed by atoms with Crippen molar-refractivity contribution in [3.8, 4) is 0 Å². The Bertz CT molecular complexity index is 697. The summed E-state index contributed by atoms with van der Waals surface area (Å²) < 4.78 is 0. The summed E-state index contributed by atoms with van der Waals surface area (Å²) in [5.41, 5.74) is 4.55. The third-order valence-corrected chi connectivity index (χ3v) is 5.49. The molecule has 24 heavy (non-hydrogen) atoms. The van der Waals surface area contributed by atoms with Crippen molar-refractivity contribution in [3.63, 3.8) is 0 Å². The van der Waals surface area contributed by atoms with Crippen molar-refractivity contribution in [2.24, 2.45) is 0 Å². The second kappa shape index (κ2) is 7.21. The van der Waals surface area contributed by atoms with Crippen LogP contribution in [0.15, 0.2) is 54.7 Å². The normalized spacial score (nSPS) is 19.2. The van der Waals surface area contributed by atoms with E-state index < -0.39 is 0 Å². The van der Waals surface area contributed by atoms with E-state index >= 15 is 0 Å². The highest BCUT2D eigenvalue weighted by molar-refractivity contribution is 5.66. The molecule has 4 rings (SSSR count). The molecule has 124 valence electrons. The van der Waals surface area contributed by atoms with Crippen LogP contribution in [-0.2, 0) is 0 Å². The lowest BCUT2D eigenvalue weighted by Gasteiger charge is -2.33. The molecule has 0 bridgehead atoms. The van der Waals surface area contributed by atoms with Crippen molar-refractivity contribution >= 4 is 11.4 Å². The van der Waals surface area contributed by atoms with E-state index in [0.29, 0.717) is 5.92 Å². The first-order valence-corrected chi connectivity index (χ1v) is 9.35. The van der Waals surface area contributed by atoms with Crippen LogP contribution >= 0.6 is 0 Å². The molecule has 0 atom stereocenters. The van der Waals surface area contributed by atoms with E-state index in [1.807, 2.05) is 12.3 Å². The lowest BCUT2D eigenvalue weighted by atomic mass is 9.86. The van der Waals surface area contributed by atoms with Gasteiger partial charge >= 0.3 is 0 Å². The summed E-state index contributed by atoms with van der Waals surface area (Å²) >= 11 is 0. The van der Waals surface area contributed by atoms with Crippen molar-refractivity contribution < 1.29 is 0 Å². The number of rotatable bonds is 3. The third-order valence-electron chi connectivity index (χ3n) is 5.49. The Labute approximate surface area is 145 Å². The maximum Gasteiger partial charge on any atom is 0.128 e. The first-order chi connectivity index (χ1) is 11.9. The van der Waals surface area contributed by atoms with Crippen molar-refractivity contribution in [1.82, 2.24) is 4.98 Å². The van der Waals surface area contributed by atoms with Gasteiger partial charge in [0.2, 0.25) is 0 Å². The van der Waals surface area contributed by atoms with Gasteiger partial charge in [0.05, 0.1) is 0 Å². The predicted octanol–water partition coefficient (Wildman–Crippen LogP) is 5.42. The molecule has 0 unspecified atom stereocenters. The van der Waals surface area contributed by atoms with Gasteiger partial charge < -0.3 is 4.90 Å². The summed E-state index contributed by atoms with van der Waals surface area (Å²) in [4.78, 5) is 6.91. The second-order valence-electron chi connectivity index (χ2n) is 7.05. The highest BCUT2D eigenvalue weighted by Gasteiger charge is 2.21. The SMILES string of the molecule is C1=C(c2cccc(C3CCN(c4ccccn4)CC3)c2)CCCC1. The number of pyridine rings is 1. The molecule has 0 spiro atoms. The van der Waals surface area contributed by atoms with Crippen LogP contribution in [0.5, 0.6) is 0 Å². The molecule has 2 heteroatoms. The van der Waals surface area contributed by atoms with E-state index in [1.54, 1.807) is 5.57 Å². The second-order valence-corrected chi connectivity index (χ2v) is 7.05. The molecule has 1 aromatic carbocycles. The molecular formula is C22H26N2. The Kier molecular flexibility index (Phi) is 4.64. The molecule has 2 aromatic rings. The number of benzene rings is 1. The van der Waals surface area contributed by atoms with Crippen molar-refractivity contribution in [2.45, 2.75) is 44.4 Å². The summed E-state index contributed by atoms with van der Waals surface area (Å²) in [7, 11) is 0. The fourth-order valence-electron chi connectivity index (χ4n) is 4.08. The van der Waals surface area contributed by atoms with Gasteiger partial charge in [0.25, 0.3) is 0 Å². The van der Waals surface area contributed by atoms with Crippen molar-refractivity contribution in [2.75, 3.05) is 18.0 Å². The molecule has 0 radical (unpaired) electrons. The van der Waals surface area contributed by atoms with Gasteiger partial charge in [0, 0.05) is 19.3 Å². The molecule has 0 amide bonds. The standard InChI is InChI=1S/C22H26N2/c1-2-7-18(8-3-1)20-9-6-10-21(17-20)19-12-15-24(16-13-19)22-11-4-5-14-23-22/h4-7,9-11,14,17,19H,1-3,8,12-13,15-16H2. The monoisotopic (exact) mass is 318 g/mol. The number of hydrogen-bond acceptors (Lipinski definition) is 2. The smallest absolute Gasteiger partial charge is 0.128 e. The quantitative estimate of drug-likeness (QED) is 0.751. The van der Waals surface area contributed by atoms with Gasteiger partial charge in [-0.2, -0.15) is 0 Å². The summed E-state index contributed by atoms with van der Waals surface area (Å²) in [5.74, 6) is 1.81. The van der Waals surface area contributed by atoms with E-state index in [4.69, 9.17) is 0 Å². The van der Waals surface area contributed by atoms with E-state index in [0.717, 1.165) is 18.9 Å². The number of anilines is 1. The maximum atomic E-state index is 4.49. The largest absolute Gasteiger partial charge is 0.357 e. The highest BCUT2D eigenvalue weighted by atomic mass is 15.2. The van der Waals surface area contributed by atoms with Crippen molar-refractivity contribution in [3.05, 3.63) is 65.9 Å². The summed E-state index contributed by atoms with van der Waals surface area (Å²) in [6.45, 7) is 2.21. The highest BCUT2D eigenvalue weighted by Crippen LogP contribution is 2.33. The number of hydrogen-bond donors (Lipinski definition) is 0.